The molecule has 0 radical (unpaired) electrons. The summed E-state index contributed by atoms with van der Waals surface area (Å²) >= 11 is 0. The lowest BCUT2D eigenvalue weighted by Crippen LogP contribution is -2.38. The maximum Gasteiger partial charge on any atom is 0.268 e. The van der Waals surface area contributed by atoms with Gasteiger partial charge in [0.25, 0.3) is 10.1 Å². The van der Waals surface area contributed by atoms with E-state index in [0.717, 1.165) is 20.0 Å². The highest BCUT2D eigenvalue weighted by Crippen LogP contribution is 2.49. The Morgan fingerprint density at radius 2 is 1.65 bits per heavy atom. The predicted octanol–water partition coefficient (Wildman–Crippen LogP) is 0.853. The van der Waals surface area contributed by atoms with Gasteiger partial charge in [-0.2, -0.15) is 8.42 Å². The zero-order valence-corrected chi connectivity index (χ0v) is 11.5. The molecule has 0 aliphatic heterocycles. The Morgan fingerprint density at radius 3 is 2.06 bits per heavy atom. The van der Waals surface area contributed by atoms with Crippen LogP contribution in [0.4, 0.5) is 0 Å². The van der Waals surface area contributed by atoms with Gasteiger partial charge in [-0.25, -0.2) is 8.42 Å². The quantitative estimate of drug-likeness (QED) is 0.699. The van der Waals surface area contributed by atoms with Gasteiger partial charge in [-0.05, 0) is 25.7 Å². The van der Waals surface area contributed by atoms with Crippen molar-refractivity contribution in [3.05, 3.63) is 0 Å². The molecule has 17 heavy (non-hydrogen) atoms. The minimum absolute atomic E-state index is 0.336. The molecular formula is C10H18O5S2. The molecule has 0 N–H and O–H groups in total. The third kappa shape index (κ3) is 2.37. The number of hydrogen-bond acceptors (Lipinski definition) is 5. The first-order valence-electron chi connectivity index (χ1n) is 5.85. The van der Waals surface area contributed by atoms with Crippen LogP contribution < -0.4 is 0 Å². The molecule has 5 nitrogen and oxygen atoms in total. The van der Waals surface area contributed by atoms with E-state index in [9.17, 15) is 16.8 Å². The lowest BCUT2D eigenvalue weighted by Gasteiger charge is -2.20. The zero-order chi connectivity index (χ0) is 12.7. The van der Waals surface area contributed by atoms with Crippen LogP contribution in [-0.2, 0) is 24.1 Å². The maximum absolute atomic E-state index is 12.4. The molecule has 0 bridgehead atoms. The minimum atomic E-state index is -3.71. The molecule has 2 rings (SSSR count). The van der Waals surface area contributed by atoms with Crippen molar-refractivity contribution in [1.82, 2.24) is 0 Å². The Kier molecular flexibility index (Phi) is 3.29. The van der Waals surface area contributed by atoms with Crippen molar-refractivity contribution >= 4 is 20.0 Å². The lowest BCUT2D eigenvalue weighted by molar-refractivity contribution is 0.396. The number of rotatable bonds is 5. The summed E-state index contributed by atoms with van der Waals surface area (Å²) in [6.07, 6.45) is 4.12. The molecule has 0 unspecified atom stereocenters. The van der Waals surface area contributed by atoms with Gasteiger partial charge in [-0.1, -0.05) is 12.8 Å². The highest BCUT2D eigenvalue weighted by Gasteiger charge is 2.59. The molecule has 7 heteroatoms. The number of hydrogen-bond donors (Lipinski definition) is 0. The van der Waals surface area contributed by atoms with Crippen LogP contribution >= 0.6 is 0 Å². The molecule has 0 aromatic carbocycles. The molecule has 0 spiro atoms. The van der Waals surface area contributed by atoms with Crippen LogP contribution in [0.5, 0.6) is 0 Å². The van der Waals surface area contributed by atoms with Crippen molar-refractivity contribution in [3.8, 4) is 0 Å². The van der Waals surface area contributed by atoms with Crippen LogP contribution in [0.2, 0.25) is 0 Å². The molecule has 0 atom stereocenters. The Bertz CT molecular complexity index is 481. The monoisotopic (exact) mass is 282 g/mol. The first kappa shape index (κ1) is 13.3. The fourth-order valence-electron chi connectivity index (χ4n) is 2.58. The van der Waals surface area contributed by atoms with Crippen LogP contribution in [0, 0.1) is 0 Å². The summed E-state index contributed by atoms with van der Waals surface area (Å²) < 4.78 is 51.0. The molecular weight excluding hydrogens is 264 g/mol. The average molecular weight is 282 g/mol. The standard InChI is InChI=1S/C10H18O5S2/c1-15-16(11,12)8-10(6-7-10)17(13,14)9-4-2-3-5-9/h9H,2-8H2,1H3. The Morgan fingerprint density at radius 1 is 1.12 bits per heavy atom. The van der Waals surface area contributed by atoms with E-state index in [-0.39, 0.29) is 11.0 Å². The summed E-state index contributed by atoms with van der Waals surface area (Å²) in [6, 6.07) is 0. The molecule has 2 aliphatic rings. The van der Waals surface area contributed by atoms with E-state index in [0.29, 0.717) is 25.7 Å². The highest BCUT2D eigenvalue weighted by molar-refractivity contribution is 7.95. The van der Waals surface area contributed by atoms with Gasteiger partial charge < -0.3 is 0 Å². The lowest BCUT2D eigenvalue weighted by atomic mass is 10.4. The van der Waals surface area contributed by atoms with Crippen molar-refractivity contribution in [3.63, 3.8) is 0 Å². The van der Waals surface area contributed by atoms with Crippen LogP contribution in [0.15, 0.2) is 0 Å². The smallest absolute Gasteiger partial charge is 0.268 e. The summed E-state index contributed by atoms with van der Waals surface area (Å²) in [5.41, 5.74) is 0. The van der Waals surface area contributed by atoms with E-state index in [4.69, 9.17) is 0 Å². The third-order valence-corrected chi connectivity index (χ3v) is 8.55. The van der Waals surface area contributed by atoms with E-state index in [1.54, 1.807) is 0 Å². The molecule has 0 saturated heterocycles. The summed E-state index contributed by atoms with van der Waals surface area (Å²) in [4.78, 5) is 0. The minimum Gasteiger partial charge on any atom is -0.273 e. The predicted molar refractivity (Wildman–Crippen MR) is 63.9 cm³/mol. The van der Waals surface area contributed by atoms with Gasteiger partial charge in [-0.3, -0.25) is 4.18 Å². The maximum atomic E-state index is 12.4. The average Bonchev–Trinajstić information content (AvgIpc) is 2.83. The van der Waals surface area contributed by atoms with Crippen molar-refractivity contribution < 1.29 is 21.0 Å². The van der Waals surface area contributed by atoms with Crippen molar-refractivity contribution in [2.45, 2.75) is 48.5 Å². The fourth-order valence-corrected chi connectivity index (χ4v) is 7.06. The second kappa shape index (κ2) is 4.20. The SMILES string of the molecule is COS(=O)(=O)CC1(S(=O)(=O)C2CCCC2)CC1. The fraction of sp³-hybridized carbons (Fsp3) is 1.00. The van der Waals surface area contributed by atoms with E-state index in [2.05, 4.69) is 4.18 Å². The molecule has 0 heterocycles. The second-order valence-electron chi connectivity index (χ2n) is 5.00. The zero-order valence-electron chi connectivity index (χ0n) is 9.88. The molecule has 0 aromatic rings. The first-order chi connectivity index (χ1) is 7.83. The molecule has 0 aromatic heterocycles. The Labute approximate surface area is 103 Å². The van der Waals surface area contributed by atoms with Crippen molar-refractivity contribution in [2.24, 2.45) is 0 Å². The van der Waals surface area contributed by atoms with E-state index in [1.807, 2.05) is 0 Å². The summed E-state index contributed by atoms with van der Waals surface area (Å²) in [7, 11) is -5.96. The topological polar surface area (TPSA) is 77.5 Å². The molecule has 2 saturated carbocycles. The summed E-state index contributed by atoms with van der Waals surface area (Å²) in [6.45, 7) is 0. The Hall–Kier alpha value is -0.140. The molecule has 2 fully saturated rings. The highest BCUT2D eigenvalue weighted by atomic mass is 32.2. The second-order valence-corrected chi connectivity index (χ2v) is 9.36. The summed E-state index contributed by atoms with van der Waals surface area (Å²) in [5.74, 6) is -0.380. The number of sulfone groups is 1. The molecule has 2 aliphatic carbocycles. The van der Waals surface area contributed by atoms with Crippen LogP contribution in [0.3, 0.4) is 0 Å². The van der Waals surface area contributed by atoms with Gasteiger partial charge >= 0.3 is 0 Å². The molecule has 100 valence electrons. The first-order valence-corrected chi connectivity index (χ1v) is 8.97. The van der Waals surface area contributed by atoms with Gasteiger partial charge in [-0.15, -0.1) is 0 Å². The van der Waals surface area contributed by atoms with E-state index >= 15 is 0 Å². The van der Waals surface area contributed by atoms with Gasteiger partial charge in [0, 0.05) is 0 Å². The van der Waals surface area contributed by atoms with Crippen molar-refractivity contribution in [2.75, 3.05) is 12.9 Å². The van der Waals surface area contributed by atoms with Crippen LogP contribution in [0.1, 0.15) is 38.5 Å². The third-order valence-electron chi connectivity index (χ3n) is 3.85. The molecule has 0 amide bonds. The van der Waals surface area contributed by atoms with Gasteiger partial charge in [0.2, 0.25) is 0 Å². The van der Waals surface area contributed by atoms with Crippen LogP contribution in [-0.4, -0.2) is 39.7 Å². The Balaban J connectivity index is 2.21. The van der Waals surface area contributed by atoms with E-state index in [1.165, 1.54) is 0 Å². The summed E-state index contributed by atoms with van der Waals surface area (Å²) in [5, 5.41) is -0.336. The van der Waals surface area contributed by atoms with E-state index < -0.39 is 24.7 Å². The van der Waals surface area contributed by atoms with Crippen LogP contribution in [0.25, 0.3) is 0 Å². The van der Waals surface area contributed by atoms with Gasteiger partial charge in [0.05, 0.1) is 22.9 Å². The normalized spacial score (nSPS) is 25.0. The van der Waals surface area contributed by atoms with Gasteiger partial charge in [0.1, 0.15) is 0 Å². The van der Waals surface area contributed by atoms with Crippen molar-refractivity contribution in [1.29, 1.82) is 0 Å². The van der Waals surface area contributed by atoms with Gasteiger partial charge in [0.15, 0.2) is 9.84 Å². The largest absolute Gasteiger partial charge is 0.273 e.